The molecule has 0 radical (unpaired) electrons. The van der Waals surface area contributed by atoms with Crippen molar-refractivity contribution in [3.63, 3.8) is 0 Å². The molecular weight excluding hydrogens is 307 g/mol. The molecule has 0 saturated carbocycles. The van der Waals surface area contributed by atoms with E-state index in [4.69, 9.17) is 4.74 Å². The molecule has 0 aliphatic carbocycles. The Morgan fingerprint density at radius 3 is 2.67 bits per heavy atom. The van der Waals surface area contributed by atoms with Gasteiger partial charge in [0.1, 0.15) is 12.4 Å². The van der Waals surface area contributed by atoms with Gasteiger partial charge in [-0.15, -0.1) is 0 Å². The van der Waals surface area contributed by atoms with Crippen LogP contribution in [-0.4, -0.2) is 23.1 Å². The Morgan fingerprint density at radius 2 is 1.88 bits per heavy atom. The largest absolute Gasteiger partial charge is 0.486 e. The minimum Gasteiger partial charge on any atom is -0.486 e. The second-order valence-electron chi connectivity index (χ2n) is 5.38. The number of fused-ring (bicyclic) bond motifs is 1. The summed E-state index contributed by atoms with van der Waals surface area (Å²) in [6, 6.07) is 11.9. The van der Waals surface area contributed by atoms with E-state index in [1.807, 2.05) is 18.2 Å². The number of halogens is 1. The fraction of sp³-hybridized carbons (Fsp3) is 0.111. The van der Waals surface area contributed by atoms with Crippen molar-refractivity contribution in [2.24, 2.45) is 0 Å². The fourth-order valence-electron chi connectivity index (χ4n) is 2.57. The van der Waals surface area contributed by atoms with Crippen LogP contribution in [0.2, 0.25) is 0 Å². The minimum atomic E-state index is -0.270. The normalized spacial score (nSPS) is 12.7. The highest BCUT2D eigenvalue weighted by Gasteiger charge is 2.18. The molecule has 3 aromatic rings. The molecule has 6 heteroatoms. The SMILES string of the molecule is Fc1ccc(-c2cc(Nc3ccncc3)c3c(n2)NCCO3)cc1. The van der Waals surface area contributed by atoms with Gasteiger partial charge in [0.2, 0.25) is 0 Å². The van der Waals surface area contributed by atoms with Gasteiger partial charge in [-0.25, -0.2) is 9.37 Å². The fourth-order valence-corrected chi connectivity index (χ4v) is 2.57. The first-order valence-electron chi connectivity index (χ1n) is 7.64. The number of hydrogen-bond acceptors (Lipinski definition) is 5. The summed E-state index contributed by atoms with van der Waals surface area (Å²) in [4.78, 5) is 8.62. The quantitative estimate of drug-likeness (QED) is 0.767. The molecular formula is C18H15FN4O. The van der Waals surface area contributed by atoms with Gasteiger partial charge < -0.3 is 15.4 Å². The Kier molecular flexibility index (Phi) is 3.70. The van der Waals surface area contributed by atoms with E-state index >= 15 is 0 Å². The van der Waals surface area contributed by atoms with E-state index < -0.39 is 0 Å². The molecule has 1 aliphatic rings. The summed E-state index contributed by atoms with van der Waals surface area (Å²) in [5, 5.41) is 6.58. The molecule has 5 nitrogen and oxygen atoms in total. The molecule has 120 valence electrons. The van der Waals surface area contributed by atoms with Gasteiger partial charge >= 0.3 is 0 Å². The van der Waals surface area contributed by atoms with Crippen LogP contribution in [0.3, 0.4) is 0 Å². The lowest BCUT2D eigenvalue weighted by molar-refractivity contribution is 0.323. The summed E-state index contributed by atoms with van der Waals surface area (Å²) in [5.74, 6) is 1.09. The Labute approximate surface area is 138 Å². The highest BCUT2D eigenvalue weighted by molar-refractivity contribution is 5.79. The zero-order valence-corrected chi connectivity index (χ0v) is 12.8. The number of hydrogen-bond donors (Lipinski definition) is 2. The number of nitrogens with one attached hydrogen (secondary N) is 2. The third-order valence-electron chi connectivity index (χ3n) is 3.71. The number of rotatable bonds is 3. The molecule has 2 N–H and O–H groups in total. The van der Waals surface area contributed by atoms with Gasteiger partial charge in [-0.05, 0) is 42.5 Å². The summed E-state index contributed by atoms with van der Waals surface area (Å²) < 4.78 is 18.9. The van der Waals surface area contributed by atoms with Crippen molar-refractivity contribution in [3.8, 4) is 17.0 Å². The Hall–Kier alpha value is -3.15. The zero-order valence-electron chi connectivity index (χ0n) is 12.8. The predicted molar refractivity (Wildman–Crippen MR) is 91.1 cm³/mol. The third kappa shape index (κ3) is 2.86. The number of nitrogens with zero attached hydrogens (tertiary/aromatic N) is 2. The van der Waals surface area contributed by atoms with Crippen molar-refractivity contribution in [2.75, 3.05) is 23.8 Å². The van der Waals surface area contributed by atoms with Gasteiger partial charge in [-0.2, -0.15) is 0 Å². The number of aromatic nitrogens is 2. The smallest absolute Gasteiger partial charge is 0.185 e. The van der Waals surface area contributed by atoms with Gasteiger partial charge in [-0.3, -0.25) is 4.98 Å². The van der Waals surface area contributed by atoms with Crippen LogP contribution in [0.15, 0.2) is 54.9 Å². The van der Waals surface area contributed by atoms with E-state index in [-0.39, 0.29) is 5.82 Å². The lowest BCUT2D eigenvalue weighted by Crippen LogP contribution is -2.20. The van der Waals surface area contributed by atoms with Crippen LogP contribution in [0, 0.1) is 5.82 Å². The molecule has 0 spiro atoms. The van der Waals surface area contributed by atoms with Gasteiger partial charge in [0.05, 0.1) is 17.9 Å². The first-order chi connectivity index (χ1) is 11.8. The predicted octanol–water partition coefficient (Wildman–Crippen LogP) is 3.83. The Bertz CT molecular complexity index is 853. The first-order valence-corrected chi connectivity index (χ1v) is 7.64. The maximum Gasteiger partial charge on any atom is 0.185 e. The summed E-state index contributed by atoms with van der Waals surface area (Å²) >= 11 is 0. The van der Waals surface area contributed by atoms with Crippen LogP contribution in [0.5, 0.6) is 5.75 Å². The standard InChI is InChI=1S/C18H15FN4O/c19-13-3-1-12(2-4-13)15-11-16(22-14-5-7-20-8-6-14)17-18(23-15)21-9-10-24-17/h1-8,11H,9-10H2,(H2,20,21,22,23). The molecule has 0 saturated heterocycles. The Balaban J connectivity index is 1.78. The molecule has 0 atom stereocenters. The molecule has 1 aromatic carbocycles. The van der Waals surface area contributed by atoms with Crippen LogP contribution in [0.4, 0.5) is 21.6 Å². The summed E-state index contributed by atoms with van der Waals surface area (Å²) in [6.45, 7) is 1.27. The van der Waals surface area contributed by atoms with Crippen LogP contribution in [-0.2, 0) is 0 Å². The molecule has 0 amide bonds. The maximum absolute atomic E-state index is 13.2. The van der Waals surface area contributed by atoms with Gasteiger partial charge in [0, 0.05) is 23.6 Å². The van der Waals surface area contributed by atoms with E-state index in [0.29, 0.717) is 24.7 Å². The molecule has 0 fully saturated rings. The number of ether oxygens (including phenoxy) is 1. The second kappa shape index (κ2) is 6.16. The average Bonchev–Trinajstić information content (AvgIpc) is 2.63. The molecule has 2 aromatic heterocycles. The molecule has 0 bridgehead atoms. The molecule has 3 heterocycles. The van der Waals surface area contributed by atoms with E-state index in [0.717, 1.165) is 22.6 Å². The van der Waals surface area contributed by atoms with E-state index in [1.54, 1.807) is 24.5 Å². The third-order valence-corrected chi connectivity index (χ3v) is 3.71. The lowest BCUT2D eigenvalue weighted by Gasteiger charge is -2.22. The minimum absolute atomic E-state index is 0.270. The topological polar surface area (TPSA) is 59.1 Å². The Morgan fingerprint density at radius 1 is 1.08 bits per heavy atom. The average molecular weight is 322 g/mol. The molecule has 0 unspecified atom stereocenters. The number of benzene rings is 1. The van der Waals surface area contributed by atoms with Crippen molar-refractivity contribution < 1.29 is 9.13 Å². The number of pyridine rings is 2. The summed E-state index contributed by atoms with van der Waals surface area (Å²) in [6.07, 6.45) is 3.44. The van der Waals surface area contributed by atoms with Crippen molar-refractivity contribution in [1.82, 2.24) is 9.97 Å². The summed E-state index contributed by atoms with van der Waals surface area (Å²) in [7, 11) is 0. The van der Waals surface area contributed by atoms with Crippen LogP contribution in [0.25, 0.3) is 11.3 Å². The van der Waals surface area contributed by atoms with Crippen molar-refractivity contribution in [1.29, 1.82) is 0 Å². The highest BCUT2D eigenvalue weighted by atomic mass is 19.1. The highest BCUT2D eigenvalue weighted by Crippen LogP contribution is 2.38. The van der Waals surface area contributed by atoms with Crippen molar-refractivity contribution >= 4 is 17.2 Å². The van der Waals surface area contributed by atoms with Crippen LogP contribution in [0.1, 0.15) is 0 Å². The maximum atomic E-state index is 13.2. The van der Waals surface area contributed by atoms with Crippen LogP contribution >= 0.6 is 0 Å². The first kappa shape index (κ1) is 14.4. The monoisotopic (exact) mass is 322 g/mol. The number of anilines is 3. The van der Waals surface area contributed by atoms with Gasteiger partial charge in [0.15, 0.2) is 11.6 Å². The molecule has 1 aliphatic heterocycles. The van der Waals surface area contributed by atoms with E-state index in [2.05, 4.69) is 20.6 Å². The van der Waals surface area contributed by atoms with Crippen LogP contribution < -0.4 is 15.4 Å². The zero-order chi connectivity index (χ0) is 16.4. The summed E-state index contributed by atoms with van der Waals surface area (Å²) in [5.41, 5.74) is 3.28. The molecule has 4 rings (SSSR count). The van der Waals surface area contributed by atoms with Crippen molar-refractivity contribution in [2.45, 2.75) is 0 Å². The van der Waals surface area contributed by atoms with E-state index in [1.165, 1.54) is 12.1 Å². The van der Waals surface area contributed by atoms with Gasteiger partial charge in [-0.1, -0.05) is 0 Å². The van der Waals surface area contributed by atoms with Gasteiger partial charge in [0.25, 0.3) is 0 Å². The lowest BCUT2D eigenvalue weighted by atomic mass is 10.1. The second-order valence-corrected chi connectivity index (χ2v) is 5.38. The van der Waals surface area contributed by atoms with E-state index in [9.17, 15) is 4.39 Å². The molecule has 24 heavy (non-hydrogen) atoms. The van der Waals surface area contributed by atoms with Crippen molar-refractivity contribution in [3.05, 3.63) is 60.7 Å².